The van der Waals surface area contributed by atoms with E-state index in [1.54, 1.807) is 18.3 Å². The van der Waals surface area contributed by atoms with Crippen LogP contribution in [0.5, 0.6) is 0 Å². The van der Waals surface area contributed by atoms with Crippen molar-refractivity contribution in [2.45, 2.75) is 12.3 Å². The fraction of sp³-hybridized carbons (Fsp3) is 0.214. The van der Waals surface area contributed by atoms with Gasteiger partial charge in [-0.3, -0.25) is 10.1 Å². The summed E-state index contributed by atoms with van der Waals surface area (Å²) in [6.45, 7) is 0. The lowest BCUT2D eigenvalue weighted by Crippen LogP contribution is -2.23. The molecular formula is C14H13N3O3S. The van der Waals surface area contributed by atoms with Gasteiger partial charge in [0.1, 0.15) is 0 Å². The van der Waals surface area contributed by atoms with E-state index in [0.29, 0.717) is 17.8 Å². The molecule has 3 rings (SSSR count). The topological polar surface area (TPSA) is 80.3 Å². The van der Waals surface area contributed by atoms with Crippen molar-refractivity contribution in [3.05, 3.63) is 40.9 Å². The highest BCUT2D eigenvalue weighted by Gasteiger charge is 2.27. The second kappa shape index (κ2) is 5.53. The van der Waals surface area contributed by atoms with Crippen LogP contribution >= 0.6 is 11.5 Å². The van der Waals surface area contributed by atoms with Crippen LogP contribution in [0.4, 0.5) is 16.2 Å². The lowest BCUT2D eigenvalue weighted by molar-refractivity contribution is -0.116. The van der Waals surface area contributed by atoms with Crippen molar-refractivity contribution in [1.82, 2.24) is 4.37 Å². The number of amides is 2. The average molecular weight is 303 g/mol. The molecule has 2 N–H and O–H groups in total. The van der Waals surface area contributed by atoms with Gasteiger partial charge in [0.2, 0.25) is 5.91 Å². The number of carbonyl (C=O) groups excluding carboxylic acids is 2. The molecule has 0 bridgehead atoms. The molecule has 0 saturated heterocycles. The van der Waals surface area contributed by atoms with Gasteiger partial charge in [-0.15, -0.1) is 0 Å². The standard InChI is InChI=1S/C14H13N3O3S/c1-20-14(19)16-9-2-3-10-11(8-6-15-21-7-8)5-13(18)17-12(10)4-9/h2-4,6-7,11H,5H2,1H3,(H,16,19)(H,17,18). The predicted molar refractivity (Wildman–Crippen MR) is 79.7 cm³/mol. The summed E-state index contributed by atoms with van der Waals surface area (Å²) in [5.41, 5.74) is 3.33. The highest BCUT2D eigenvalue weighted by Crippen LogP contribution is 2.38. The van der Waals surface area contributed by atoms with Gasteiger partial charge in [-0.2, -0.15) is 0 Å². The largest absolute Gasteiger partial charge is 0.453 e. The number of rotatable bonds is 2. The first-order chi connectivity index (χ1) is 10.2. The summed E-state index contributed by atoms with van der Waals surface area (Å²) in [4.78, 5) is 23.1. The number of hydrogen-bond donors (Lipinski definition) is 2. The van der Waals surface area contributed by atoms with Crippen LogP contribution in [0.15, 0.2) is 29.8 Å². The number of nitrogens with zero attached hydrogens (tertiary/aromatic N) is 1. The number of fused-ring (bicyclic) bond motifs is 1. The van der Waals surface area contributed by atoms with Crippen LogP contribution in [-0.4, -0.2) is 23.5 Å². The van der Waals surface area contributed by atoms with Gasteiger partial charge in [0, 0.05) is 35.3 Å². The van der Waals surface area contributed by atoms with Gasteiger partial charge in [0.05, 0.1) is 7.11 Å². The lowest BCUT2D eigenvalue weighted by atomic mass is 9.86. The highest BCUT2D eigenvalue weighted by atomic mass is 32.1. The number of ether oxygens (including phenoxy) is 1. The molecule has 7 heteroatoms. The molecule has 0 spiro atoms. The molecule has 2 amide bonds. The van der Waals surface area contributed by atoms with Crippen LogP contribution in [0.2, 0.25) is 0 Å². The molecule has 6 nitrogen and oxygen atoms in total. The molecule has 1 aromatic carbocycles. The van der Waals surface area contributed by atoms with Crippen molar-refractivity contribution in [3.63, 3.8) is 0 Å². The van der Waals surface area contributed by atoms with Crippen LogP contribution in [-0.2, 0) is 9.53 Å². The molecule has 0 saturated carbocycles. The van der Waals surface area contributed by atoms with E-state index in [2.05, 4.69) is 19.7 Å². The Balaban J connectivity index is 1.95. The Morgan fingerprint density at radius 1 is 1.52 bits per heavy atom. The minimum absolute atomic E-state index is 0.000299. The number of benzene rings is 1. The number of nitrogens with one attached hydrogen (secondary N) is 2. The third-order valence-corrected chi connectivity index (χ3v) is 3.98. The summed E-state index contributed by atoms with van der Waals surface area (Å²) < 4.78 is 8.65. The quantitative estimate of drug-likeness (QED) is 0.894. The van der Waals surface area contributed by atoms with E-state index in [1.807, 2.05) is 11.4 Å². The summed E-state index contributed by atoms with van der Waals surface area (Å²) in [5.74, 6) is -0.0476. The van der Waals surface area contributed by atoms with Crippen LogP contribution in [0, 0.1) is 0 Å². The Hall–Kier alpha value is -2.41. The molecule has 2 aromatic rings. The molecule has 108 valence electrons. The maximum absolute atomic E-state index is 11.9. The Labute approximate surface area is 125 Å². The first kappa shape index (κ1) is 13.6. The third-order valence-electron chi connectivity index (χ3n) is 3.38. The van der Waals surface area contributed by atoms with Crippen LogP contribution in [0.3, 0.4) is 0 Å². The van der Waals surface area contributed by atoms with Crippen molar-refractivity contribution >= 4 is 34.9 Å². The predicted octanol–water partition coefficient (Wildman–Crippen LogP) is 2.80. The van der Waals surface area contributed by atoms with Gasteiger partial charge < -0.3 is 10.1 Å². The number of anilines is 2. The maximum Gasteiger partial charge on any atom is 0.411 e. The van der Waals surface area contributed by atoms with E-state index in [0.717, 1.165) is 11.1 Å². The molecule has 21 heavy (non-hydrogen) atoms. The minimum atomic E-state index is -0.546. The molecule has 1 unspecified atom stereocenters. The molecule has 1 atom stereocenters. The van der Waals surface area contributed by atoms with E-state index in [-0.39, 0.29) is 11.8 Å². The lowest BCUT2D eigenvalue weighted by Gasteiger charge is -2.25. The van der Waals surface area contributed by atoms with Crippen LogP contribution in [0.1, 0.15) is 23.5 Å². The number of methoxy groups -OCH3 is 1. The second-order valence-corrected chi connectivity index (χ2v) is 5.34. The summed E-state index contributed by atoms with van der Waals surface area (Å²) in [5, 5.41) is 7.37. The Morgan fingerprint density at radius 3 is 3.10 bits per heavy atom. The molecule has 2 heterocycles. The van der Waals surface area contributed by atoms with Gasteiger partial charge in [0.15, 0.2) is 0 Å². The number of carbonyl (C=O) groups is 2. The van der Waals surface area contributed by atoms with Crippen LogP contribution in [0.25, 0.3) is 0 Å². The molecule has 1 aliphatic rings. The van der Waals surface area contributed by atoms with E-state index < -0.39 is 6.09 Å². The fourth-order valence-corrected chi connectivity index (χ4v) is 2.98. The number of aromatic nitrogens is 1. The molecule has 1 aliphatic heterocycles. The summed E-state index contributed by atoms with van der Waals surface area (Å²) >= 11 is 1.37. The monoisotopic (exact) mass is 303 g/mol. The van der Waals surface area contributed by atoms with Gasteiger partial charge in [-0.25, -0.2) is 9.17 Å². The molecule has 0 aliphatic carbocycles. The Bertz CT molecular complexity index is 685. The van der Waals surface area contributed by atoms with E-state index >= 15 is 0 Å². The average Bonchev–Trinajstić information content (AvgIpc) is 3.00. The first-order valence-electron chi connectivity index (χ1n) is 6.35. The van der Waals surface area contributed by atoms with Gasteiger partial charge in [-0.05, 0) is 34.8 Å². The van der Waals surface area contributed by atoms with E-state index in [1.165, 1.54) is 18.6 Å². The maximum atomic E-state index is 11.9. The summed E-state index contributed by atoms with van der Waals surface area (Å²) in [6, 6.07) is 5.43. The third kappa shape index (κ3) is 2.73. The van der Waals surface area contributed by atoms with Crippen molar-refractivity contribution < 1.29 is 14.3 Å². The molecular weight excluding hydrogens is 290 g/mol. The SMILES string of the molecule is COC(=O)Nc1ccc2c(c1)NC(=O)CC2c1cnsc1. The van der Waals surface area contributed by atoms with E-state index in [9.17, 15) is 9.59 Å². The second-order valence-electron chi connectivity index (χ2n) is 4.68. The summed E-state index contributed by atoms with van der Waals surface area (Å²) in [6.07, 6.45) is 1.64. The van der Waals surface area contributed by atoms with Crippen molar-refractivity contribution in [2.75, 3.05) is 17.7 Å². The zero-order valence-corrected chi connectivity index (χ0v) is 12.1. The van der Waals surface area contributed by atoms with Gasteiger partial charge >= 0.3 is 6.09 Å². The van der Waals surface area contributed by atoms with Crippen LogP contribution < -0.4 is 10.6 Å². The van der Waals surface area contributed by atoms with Crippen molar-refractivity contribution in [3.8, 4) is 0 Å². The number of hydrogen-bond acceptors (Lipinski definition) is 5. The molecule has 1 aromatic heterocycles. The van der Waals surface area contributed by atoms with Crippen molar-refractivity contribution in [1.29, 1.82) is 0 Å². The molecule has 0 fully saturated rings. The first-order valence-corrected chi connectivity index (χ1v) is 7.19. The zero-order chi connectivity index (χ0) is 14.8. The summed E-state index contributed by atoms with van der Waals surface area (Å²) in [7, 11) is 1.30. The smallest absolute Gasteiger partial charge is 0.411 e. The Kier molecular flexibility index (Phi) is 3.57. The minimum Gasteiger partial charge on any atom is -0.453 e. The fourth-order valence-electron chi connectivity index (χ4n) is 2.39. The normalized spacial score (nSPS) is 16.8. The Morgan fingerprint density at radius 2 is 2.38 bits per heavy atom. The van der Waals surface area contributed by atoms with E-state index in [4.69, 9.17) is 0 Å². The van der Waals surface area contributed by atoms with Crippen molar-refractivity contribution in [2.24, 2.45) is 0 Å². The highest BCUT2D eigenvalue weighted by molar-refractivity contribution is 7.03. The molecule has 0 radical (unpaired) electrons. The van der Waals surface area contributed by atoms with Gasteiger partial charge in [0.25, 0.3) is 0 Å². The zero-order valence-electron chi connectivity index (χ0n) is 11.3. The van der Waals surface area contributed by atoms with Gasteiger partial charge in [-0.1, -0.05) is 6.07 Å².